The van der Waals surface area contributed by atoms with Crippen LogP contribution >= 0.6 is 0 Å². The number of benzene rings is 1. The van der Waals surface area contributed by atoms with Crippen LogP contribution in [0.4, 0.5) is 17.7 Å². The third-order valence-corrected chi connectivity index (χ3v) is 2.69. The molecule has 2 rings (SSSR count). The van der Waals surface area contributed by atoms with E-state index in [1.165, 1.54) is 18.2 Å². The van der Waals surface area contributed by atoms with Crippen LogP contribution in [0, 0.1) is 0 Å². The first-order valence-corrected chi connectivity index (χ1v) is 6.13. The van der Waals surface area contributed by atoms with Crippen LogP contribution in [0.2, 0.25) is 0 Å². The fourth-order valence-corrected chi connectivity index (χ4v) is 1.93. The zero-order valence-corrected chi connectivity index (χ0v) is 15.5. The Hall–Kier alpha value is -0.279. The predicted molar refractivity (Wildman–Crippen MR) is 72.3 cm³/mol. The van der Waals surface area contributed by atoms with Crippen LogP contribution in [-0.2, 0) is 4.74 Å². The number of nitrogens with zero attached hydrogens (tertiary/aromatic N) is 1. The summed E-state index contributed by atoms with van der Waals surface area (Å²) in [6, 6.07) is 5.90. The molecule has 0 amide bonds. The Balaban J connectivity index is 0.00000220. The monoisotopic (exact) mass is 323 g/mol. The maximum Gasteiger partial charge on any atom is 1.00 e. The predicted octanol–water partition coefficient (Wildman–Crippen LogP) is 0.483. The van der Waals surface area contributed by atoms with Gasteiger partial charge in [0.05, 0.1) is 5.52 Å². The Kier molecular flexibility index (Phi) is 5.77. The molecule has 21 heavy (non-hydrogen) atoms. The van der Waals surface area contributed by atoms with Crippen molar-refractivity contribution < 1.29 is 73.9 Å². The average Bonchev–Trinajstić information content (AvgIpc) is 2.65. The number of para-hydroxylation sites is 1. The van der Waals surface area contributed by atoms with Crippen molar-refractivity contribution in [2.75, 3.05) is 0 Å². The van der Waals surface area contributed by atoms with E-state index < -0.39 is 24.1 Å². The third kappa shape index (κ3) is 4.35. The topological polar surface area (TPSA) is 31.2 Å². The molecule has 0 aliphatic heterocycles. The Morgan fingerprint density at radius 3 is 2.29 bits per heavy atom. The van der Waals surface area contributed by atoms with E-state index in [4.69, 9.17) is 4.74 Å². The number of hydrogen-bond donors (Lipinski definition) is 0. The summed E-state index contributed by atoms with van der Waals surface area (Å²) in [5.41, 5.74) is -1.37. The molecule has 0 bridgehead atoms. The number of ether oxygens (including phenoxy) is 1. The number of halogens is 3. The minimum atomic E-state index is -5.19. The van der Waals surface area contributed by atoms with Gasteiger partial charge in [0.2, 0.25) is 0 Å². The Morgan fingerprint density at radius 1 is 1.19 bits per heavy atom. The summed E-state index contributed by atoms with van der Waals surface area (Å²) in [6.07, 6.45) is -0.0151. The number of fused-ring (bicyclic) bond motifs is 1. The molecule has 108 valence electrons. The second-order valence-electron chi connectivity index (χ2n) is 5.53. The minimum Gasteiger partial charge on any atom is -0.445 e. The first kappa shape index (κ1) is 18.8. The Morgan fingerprint density at radius 2 is 1.76 bits per heavy atom. The Labute approximate surface area is 163 Å². The van der Waals surface area contributed by atoms with Gasteiger partial charge < -0.3 is 17.7 Å². The van der Waals surface area contributed by atoms with Crippen LogP contribution in [0.25, 0.3) is 10.9 Å². The molecule has 0 N–H and O–H groups in total. The minimum absolute atomic E-state index is 0. The molecular weight excluding hydrogens is 309 g/mol. The van der Waals surface area contributed by atoms with Crippen molar-refractivity contribution in [1.29, 1.82) is 0 Å². The number of rotatable bonds is 1. The summed E-state index contributed by atoms with van der Waals surface area (Å²) < 4.78 is 45.1. The third-order valence-electron chi connectivity index (χ3n) is 2.69. The van der Waals surface area contributed by atoms with E-state index in [0.29, 0.717) is 0 Å². The van der Waals surface area contributed by atoms with Crippen LogP contribution in [0.5, 0.6) is 0 Å². The van der Waals surface area contributed by atoms with E-state index in [9.17, 15) is 17.7 Å². The van der Waals surface area contributed by atoms with Crippen LogP contribution in [0.3, 0.4) is 0 Å². The van der Waals surface area contributed by atoms with Crippen molar-refractivity contribution in [1.82, 2.24) is 4.57 Å². The molecule has 0 saturated heterocycles. The number of carbonyl (C=O) groups excluding carboxylic acids is 1. The van der Waals surface area contributed by atoms with Crippen LogP contribution in [-0.4, -0.2) is 23.2 Å². The maximum absolute atomic E-state index is 13.0. The molecule has 8 heteroatoms. The SMILES string of the molecule is CC(C)(C)OC(=O)n1cc([B-](F)(F)F)c2ccccc21.[K+]. The van der Waals surface area contributed by atoms with Gasteiger partial charge in [0, 0.05) is 0 Å². The summed E-state index contributed by atoms with van der Waals surface area (Å²) in [5.74, 6) is 0. The van der Waals surface area contributed by atoms with E-state index in [1.807, 2.05) is 0 Å². The maximum atomic E-state index is 13.0. The van der Waals surface area contributed by atoms with Crippen molar-refractivity contribution >= 4 is 29.4 Å². The normalized spacial score (nSPS) is 12.1. The van der Waals surface area contributed by atoms with Gasteiger partial charge in [0.25, 0.3) is 0 Å². The van der Waals surface area contributed by atoms with E-state index in [-0.39, 0.29) is 62.3 Å². The molecule has 0 atom stereocenters. The van der Waals surface area contributed by atoms with Crippen LogP contribution < -0.4 is 56.8 Å². The quantitative estimate of drug-likeness (QED) is 0.715. The second kappa shape index (κ2) is 6.46. The zero-order valence-electron chi connectivity index (χ0n) is 12.4. The van der Waals surface area contributed by atoms with E-state index in [2.05, 4.69) is 0 Å². The van der Waals surface area contributed by atoms with Crippen molar-refractivity contribution in [3.05, 3.63) is 30.5 Å². The number of aromatic nitrogens is 1. The van der Waals surface area contributed by atoms with Gasteiger partial charge in [-0.1, -0.05) is 23.7 Å². The summed E-state index contributed by atoms with van der Waals surface area (Å²) in [7, 11) is 0. The van der Waals surface area contributed by atoms with E-state index >= 15 is 0 Å². The van der Waals surface area contributed by atoms with Crippen LogP contribution in [0.15, 0.2) is 30.5 Å². The first-order chi connectivity index (χ1) is 9.09. The second-order valence-corrected chi connectivity index (χ2v) is 5.53. The zero-order chi connectivity index (χ0) is 15.1. The molecule has 1 heterocycles. The standard InChI is InChI=1S/C13H14BF3NO2.K/c1-13(2,3)20-12(19)18-8-10(14(15,16)17)9-6-4-5-7-11(9)18;/h4-8H,1-3H3;/q-1;+1. The smallest absolute Gasteiger partial charge is 0.445 e. The van der Waals surface area contributed by atoms with Crippen LogP contribution in [0.1, 0.15) is 20.8 Å². The molecule has 0 saturated carbocycles. The fraction of sp³-hybridized carbons (Fsp3) is 0.308. The summed E-state index contributed by atoms with van der Waals surface area (Å²) >= 11 is 0. The summed E-state index contributed by atoms with van der Waals surface area (Å²) in [4.78, 5) is 12.0. The molecule has 3 nitrogen and oxygen atoms in total. The summed E-state index contributed by atoms with van der Waals surface area (Å²) in [6.45, 7) is -0.217. The van der Waals surface area contributed by atoms with Gasteiger partial charge in [0.15, 0.2) is 0 Å². The fourth-order valence-electron chi connectivity index (χ4n) is 1.93. The van der Waals surface area contributed by atoms with E-state index in [0.717, 1.165) is 10.8 Å². The molecule has 0 radical (unpaired) electrons. The van der Waals surface area contributed by atoms with Gasteiger partial charge >= 0.3 is 64.5 Å². The van der Waals surface area contributed by atoms with Gasteiger partial charge in [-0.3, -0.25) is 4.57 Å². The molecule has 1 aromatic heterocycles. The molecule has 1 aromatic carbocycles. The molecule has 0 unspecified atom stereocenters. The van der Waals surface area contributed by atoms with Crippen molar-refractivity contribution in [3.8, 4) is 0 Å². The molecule has 0 spiro atoms. The van der Waals surface area contributed by atoms with E-state index in [1.54, 1.807) is 26.8 Å². The molecule has 2 aromatic rings. The van der Waals surface area contributed by atoms with Gasteiger partial charge in [-0.2, -0.15) is 0 Å². The van der Waals surface area contributed by atoms with Gasteiger partial charge in [-0.25, -0.2) is 4.79 Å². The van der Waals surface area contributed by atoms with Crippen molar-refractivity contribution in [3.63, 3.8) is 0 Å². The summed E-state index contributed by atoms with van der Waals surface area (Å²) in [5, 5.41) is 0.00543. The molecule has 0 aliphatic carbocycles. The molecule has 0 aliphatic rings. The van der Waals surface area contributed by atoms with Crippen molar-refractivity contribution in [2.24, 2.45) is 0 Å². The van der Waals surface area contributed by atoms with Gasteiger partial charge in [-0.15, -0.1) is 0 Å². The number of hydrogen-bond acceptors (Lipinski definition) is 2. The van der Waals surface area contributed by atoms with Gasteiger partial charge in [0.1, 0.15) is 5.60 Å². The number of carbonyl (C=O) groups is 1. The molecular formula is C13H14BF3KNO2. The first-order valence-electron chi connectivity index (χ1n) is 6.13. The largest absolute Gasteiger partial charge is 1.00 e. The van der Waals surface area contributed by atoms with Gasteiger partial charge in [-0.05, 0) is 38.4 Å². The van der Waals surface area contributed by atoms with Crippen molar-refractivity contribution in [2.45, 2.75) is 26.4 Å². The Bertz CT molecular complexity index is 661. The molecule has 0 fully saturated rings. The average molecular weight is 323 g/mol.